The molecule has 1 aliphatic heterocycles. The summed E-state index contributed by atoms with van der Waals surface area (Å²) in [5.41, 5.74) is 5.01. The molecule has 0 radical (unpaired) electrons. The van der Waals surface area contributed by atoms with Crippen LogP contribution in [0.4, 0.5) is 5.69 Å². The number of carbonyl (C=O) groups is 1. The third-order valence-corrected chi connectivity index (χ3v) is 6.37. The van der Waals surface area contributed by atoms with Gasteiger partial charge in [0.25, 0.3) is 0 Å². The molecular formula is C25H30N2O3. The summed E-state index contributed by atoms with van der Waals surface area (Å²) in [6, 6.07) is 12.2. The molecule has 5 heteroatoms. The maximum absolute atomic E-state index is 13.3. The number of anilines is 1. The van der Waals surface area contributed by atoms with Crippen LogP contribution in [0.1, 0.15) is 58.8 Å². The van der Waals surface area contributed by atoms with Crippen LogP contribution < -0.4 is 14.8 Å². The number of carbonyl (C=O) groups excluding carboxylic acids is 1. The van der Waals surface area contributed by atoms with Crippen molar-refractivity contribution in [3.63, 3.8) is 0 Å². The Morgan fingerprint density at radius 3 is 2.60 bits per heavy atom. The second kappa shape index (κ2) is 6.53. The van der Waals surface area contributed by atoms with E-state index in [9.17, 15) is 4.79 Å². The predicted octanol–water partition coefficient (Wildman–Crippen LogP) is 5.67. The van der Waals surface area contributed by atoms with Gasteiger partial charge in [0, 0.05) is 29.1 Å². The zero-order valence-corrected chi connectivity index (χ0v) is 18.0. The number of benzene rings is 2. The van der Waals surface area contributed by atoms with Crippen molar-refractivity contribution in [3.05, 3.63) is 53.2 Å². The van der Waals surface area contributed by atoms with Gasteiger partial charge in [0.05, 0.1) is 5.41 Å². The lowest BCUT2D eigenvalue weighted by Crippen LogP contribution is -2.27. The van der Waals surface area contributed by atoms with Crippen LogP contribution in [0.25, 0.3) is 10.9 Å². The van der Waals surface area contributed by atoms with Crippen molar-refractivity contribution in [1.29, 1.82) is 0 Å². The molecule has 0 saturated heterocycles. The van der Waals surface area contributed by atoms with Gasteiger partial charge in [-0.1, -0.05) is 33.8 Å². The van der Waals surface area contributed by atoms with E-state index < -0.39 is 5.41 Å². The van der Waals surface area contributed by atoms with E-state index in [1.54, 1.807) is 0 Å². The third-order valence-electron chi connectivity index (χ3n) is 6.37. The Bertz CT molecular complexity index is 1160. The van der Waals surface area contributed by atoms with E-state index in [0.29, 0.717) is 0 Å². The molecule has 2 heterocycles. The number of nitrogens with one attached hydrogen (secondary N) is 2. The molecule has 0 spiro atoms. The first-order valence-corrected chi connectivity index (χ1v) is 10.7. The van der Waals surface area contributed by atoms with E-state index in [1.165, 1.54) is 11.3 Å². The highest BCUT2D eigenvalue weighted by Gasteiger charge is 2.51. The van der Waals surface area contributed by atoms with Gasteiger partial charge in [0.1, 0.15) is 0 Å². The molecule has 1 amide bonds. The molecule has 0 atom stereocenters. The number of ether oxygens (including phenoxy) is 2. The predicted molar refractivity (Wildman–Crippen MR) is 121 cm³/mol. The van der Waals surface area contributed by atoms with E-state index in [4.69, 9.17) is 9.47 Å². The SMILES string of the molecule is CCc1cc(NC(=O)C2(c3ccc4c(c3)OCO4)CC2)cc2cc(C(C)(C)C)[nH]c12.[HH]. The Balaban J connectivity index is 0.00000231. The smallest absolute Gasteiger partial charge is 0.235 e. The first-order chi connectivity index (χ1) is 14.3. The van der Waals surface area contributed by atoms with Crippen molar-refractivity contribution in [2.24, 2.45) is 0 Å². The van der Waals surface area contributed by atoms with Crippen molar-refractivity contribution in [2.45, 2.75) is 57.8 Å². The van der Waals surface area contributed by atoms with Gasteiger partial charge in [0.2, 0.25) is 12.7 Å². The molecule has 5 nitrogen and oxygen atoms in total. The number of aromatic nitrogens is 1. The molecule has 2 aromatic carbocycles. The van der Waals surface area contributed by atoms with E-state index in [1.807, 2.05) is 18.2 Å². The maximum Gasteiger partial charge on any atom is 0.235 e. The fraction of sp³-hybridized carbons (Fsp3) is 0.400. The highest BCUT2D eigenvalue weighted by Crippen LogP contribution is 2.51. The maximum atomic E-state index is 13.3. The molecule has 30 heavy (non-hydrogen) atoms. The fourth-order valence-corrected chi connectivity index (χ4v) is 4.29. The number of aromatic amines is 1. The Hall–Kier alpha value is -2.95. The van der Waals surface area contributed by atoms with Crippen LogP contribution in [0, 0.1) is 0 Å². The number of hydrogen-bond donors (Lipinski definition) is 2. The summed E-state index contributed by atoms with van der Waals surface area (Å²) in [7, 11) is 0. The van der Waals surface area contributed by atoms with Crippen LogP contribution in [0.2, 0.25) is 0 Å². The first-order valence-electron chi connectivity index (χ1n) is 10.7. The van der Waals surface area contributed by atoms with Crippen molar-refractivity contribution in [1.82, 2.24) is 4.98 Å². The monoisotopic (exact) mass is 406 g/mol. The average molecular weight is 407 g/mol. The number of H-pyrrole nitrogens is 1. The molecule has 1 aliphatic carbocycles. The topological polar surface area (TPSA) is 63.4 Å². The van der Waals surface area contributed by atoms with E-state index in [2.05, 4.69) is 56.2 Å². The normalized spacial score (nSPS) is 16.7. The number of rotatable bonds is 4. The third kappa shape index (κ3) is 3.04. The molecule has 1 aromatic heterocycles. The summed E-state index contributed by atoms with van der Waals surface area (Å²) >= 11 is 0. The summed E-state index contributed by atoms with van der Waals surface area (Å²) in [6.07, 6.45) is 2.59. The molecule has 1 saturated carbocycles. The minimum atomic E-state index is -0.475. The lowest BCUT2D eigenvalue weighted by atomic mass is 9.92. The van der Waals surface area contributed by atoms with Crippen molar-refractivity contribution >= 4 is 22.5 Å². The van der Waals surface area contributed by atoms with Crippen LogP contribution in [-0.2, 0) is 22.0 Å². The van der Waals surface area contributed by atoms with Gasteiger partial charge >= 0.3 is 0 Å². The molecule has 158 valence electrons. The second-order valence-corrected chi connectivity index (χ2v) is 9.49. The Kier molecular flexibility index (Phi) is 4.14. The zero-order valence-electron chi connectivity index (χ0n) is 18.0. The van der Waals surface area contributed by atoms with Gasteiger partial charge in [-0.3, -0.25) is 4.79 Å². The van der Waals surface area contributed by atoms with E-state index >= 15 is 0 Å². The largest absolute Gasteiger partial charge is 0.454 e. The van der Waals surface area contributed by atoms with E-state index in [-0.39, 0.29) is 19.5 Å². The molecular weight excluding hydrogens is 376 g/mol. The van der Waals surface area contributed by atoms with Gasteiger partial charge < -0.3 is 19.8 Å². The molecule has 2 aliphatic rings. The lowest BCUT2D eigenvalue weighted by molar-refractivity contribution is -0.118. The first kappa shape index (κ1) is 19.0. The summed E-state index contributed by atoms with van der Waals surface area (Å²) in [4.78, 5) is 16.9. The molecule has 1 fully saturated rings. The van der Waals surface area contributed by atoms with Gasteiger partial charge in [-0.2, -0.15) is 0 Å². The lowest BCUT2D eigenvalue weighted by Gasteiger charge is -2.17. The number of hydrogen-bond acceptors (Lipinski definition) is 3. The van der Waals surface area contributed by atoms with Crippen LogP contribution >= 0.6 is 0 Å². The summed E-state index contributed by atoms with van der Waals surface area (Å²) in [5, 5.41) is 4.34. The highest BCUT2D eigenvalue weighted by atomic mass is 16.7. The van der Waals surface area contributed by atoms with Crippen molar-refractivity contribution in [2.75, 3.05) is 12.1 Å². The molecule has 2 N–H and O–H groups in total. The Morgan fingerprint density at radius 2 is 1.90 bits per heavy atom. The zero-order chi connectivity index (χ0) is 21.1. The minimum absolute atomic E-state index is 0. The molecule has 5 rings (SSSR count). The van der Waals surface area contributed by atoms with Crippen LogP contribution in [0.3, 0.4) is 0 Å². The quantitative estimate of drug-likeness (QED) is 0.586. The standard InChI is InChI=1S/C25H28N2O3.H2/c1-5-15-10-18(11-16-12-21(24(2,3)4)27-22(15)16)26-23(28)25(8-9-25)17-6-7-19-20(13-17)30-14-29-19;/h6-7,10-13,27H,5,8-9,14H2,1-4H3,(H,26,28);1H. The van der Waals surface area contributed by atoms with Crippen LogP contribution in [0.5, 0.6) is 11.5 Å². The molecule has 0 unspecified atom stereocenters. The summed E-state index contributed by atoms with van der Waals surface area (Å²) < 4.78 is 10.9. The highest BCUT2D eigenvalue weighted by molar-refractivity contribution is 6.03. The molecule has 0 bridgehead atoms. The van der Waals surface area contributed by atoms with Gasteiger partial charge in [-0.25, -0.2) is 0 Å². The average Bonchev–Trinajstić information content (AvgIpc) is 3.18. The number of fused-ring (bicyclic) bond motifs is 2. The molecule has 3 aromatic rings. The second-order valence-electron chi connectivity index (χ2n) is 9.49. The summed E-state index contributed by atoms with van der Waals surface area (Å²) in [6.45, 7) is 8.99. The van der Waals surface area contributed by atoms with Crippen LogP contribution in [0.15, 0.2) is 36.4 Å². The van der Waals surface area contributed by atoms with Gasteiger partial charge in [0.15, 0.2) is 11.5 Å². The van der Waals surface area contributed by atoms with Gasteiger partial charge in [-0.05, 0) is 60.7 Å². The van der Waals surface area contributed by atoms with Crippen molar-refractivity contribution < 1.29 is 15.7 Å². The number of aryl methyl sites for hydroxylation is 1. The van der Waals surface area contributed by atoms with Crippen LogP contribution in [-0.4, -0.2) is 17.7 Å². The van der Waals surface area contributed by atoms with Crippen molar-refractivity contribution in [3.8, 4) is 11.5 Å². The minimum Gasteiger partial charge on any atom is -0.454 e. The Morgan fingerprint density at radius 1 is 1.13 bits per heavy atom. The fourth-order valence-electron chi connectivity index (χ4n) is 4.29. The van der Waals surface area contributed by atoms with Gasteiger partial charge in [-0.15, -0.1) is 0 Å². The van der Waals surface area contributed by atoms with E-state index in [0.717, 1.165) is 52.9 Å². The number of amides is 1. The summed E-state index contributed by atoms with van der Waals surface area (Å²) in [5.74, 6) is 1.52. The Labute approximate surface area is 178 Å².